The Balaban J connectivity index is 2.04. The molecule has 2 aromatic rings. The van der Waals surface area contributed by atoms with Crippen LogP contribution < -0.4 is 10.1 Å². The molecule has 0 saturated heterocycles. The molecule has 0 spiro atoms. The van der Waals surface area contributed by atoms with Crippen molar-refractivity contribution in [1.82, 2.24) is 10.3 Å². The van der Waals surface area contributed by atoms with E-state index >= 15 is 0 Å². The lowest BCUT2D eigenvalue weighted by atomic mass is 10.0. The molecule has 2 rings (SSSR count). The summed E-state index contributed by atoms with van der Waals surface area (Å²) in [5.41, 5.74) is 2.37. The molecule has 1 aromatic carbocycles. The SMILES string of the molecule is CCc1cnc(CNC(C)c2cc(C)ccc2OC)o1. The molecule has 1 aromatic heterocycles. The normalized spacial score (nSPS) is 12.4. The molecule has 1 unspecified atom stereocenters. The Morgan fingerprint density at radius 3 is 2.85 bits per heavy atom. The first-order valence-corrected chi connectivity index (χ1v) is 6.95. The number of aromatic nitrogens is 1. The van der Waals surface area contributed by atoms with Crippen LogP contribution in [-0.4, -0.2) is 12.1 Å². The van der Waals surface area contributed by atoms with E-state index in [1.54, 1.807) is 13.3 Å². The highest BCUT2D eigenvalue weighted by atomic mass is 16.5. The fraction of sp³-hybridized carbons (Fsp3) is 0.438. The summed E-state index contributed by atoms with van der Waals surface area (Å²) in [6.07, 6.45) is 2.66. The lowest BCUT2D eigenvalue weighted by Gasteiger charge is -2.17. The molecule has 20 heavy (non-hydrogen) atoms. The molecular formula is C16H22N2O2. The van der Waals surface area contributed by atoms with Gasteiger partial charge in [0.25, 0.3) is 0 Å². The van der Waals surface area contributed by atoms with Crippen molar-refractivity contribution in [2.45, 2.75) is 39.8 Å². The van der Waals surface area contributed by atoms with Gasteiger partial charge >= 0.3 is 0 Å². The highest BCUT2D eigenvalue weighted by Gasteiger charge is 2.12. The van der Waals surface area contributed by atoms with Crippen molar-refractivity contribution < 1.29 is 9.15 Å². The maximum Gasteiger partial charge on any atom is 0.208 e. The fourth-order valence-electron chi connectivity index (χ4n) is 2.14. The van der Waals surface area contributed by atoms with Gasteiger partial charge in [-0.05, 0) is 19.9 Å². The number of oxazole rings is 1. The zero-order chi connectivity index (χ0) is 14.5. The second kappa shape index (κ2) is 6.57. The summed E-state index contributed by atoms with van der Waals surface area (Å²) in [4.78, 5) is 4.25. The summed E-state index contributed by atoms with van der Waals surface area (Å²) in [5.74, 6) is 2.54. The highest BCUT2D eigenvalue weighted by Crippen LogP contribution is 2.26. The van der Waals surface area contributed by atoms with Gasteiger partial charge in [0.1, 0.15) is 11.5 Å². The number of methoxy groups -OCH3 is 1. The molecule has 4 heteroatoms. The van der Waals surface area contributed by atoms with Gasteiger partial charge in [0.15, 0.2) is 0 Å². The largest absolute Gasteiger partial charge is 0.496 e. The van der Waals surface area contributed by atoms with Crippen molar-refractivity contribution in [3.05, 3.63) is 47.2 Å². The Bertz CT molecular complexity index is 563. The van der Waals surface area contributed by atoms with E-state index in [4.69, 9.17) is 9.15 Å². The molecular weight excluding hydrogens is 252 g/mol. The average molecular weight is 274 g/mol. The number of benzene rings is 1. The number of hydrogen-bond acceptors (Lipinski definition) is 4. The third kappa shape index (κ3) is 3.39. The van der Waals surface area contributed by atoms with Gasteiger partial charge in [-0.3, -0.25) is 0 Å². The first-order chi connectivity index (χ1) is 9.63. The Hall–Kier alpha value is -1.81. The van der Waals surface area contributed by atoms with E-state index < -0.39 is 0 Å². The molecule has 0 fully saturated rings. The second-order valence-corrected chi connectivity index (χ2v) is 4.92. The number of ether oxygens (including phenoxy) is 1. The summed E-state index contributed by atoms with van der Waals surface area (Å²) >= 11 is 0. The van der Waals surface area contributed by atoms with Gasteiger partial charge in [0, 0.05) is 18.0 Å². The van der Waals surface area contributed by atoms with Crippen molar-refractivity contribution in [2.75, 3.05) is 7.11 Å². The summed E-state index contributed by atoms with van der Waals surface area (Å²) in [5, 5.41) is 3.42. The quantitative estimate of drug-likeness (QED) is 0.877. The third-order valence-electron chi connectivity index (χ3n) is 3.36. The standard InChI is InChI=1S/C16H22N2O2/c1-5-13-9-18-16(20-13)10-17-12(3)14-8-11(2)6-7-15(14)19-4/h6-9,12,17H,5,10H2,1-4H3. The molecule has 108 valence electrons. The van der Waals surface area contributed by atoms with E-state index in [0.717, 1.165) is 29.4 Å². The predicted molar refractivity (Wildman–Crippen MR) is 78.9 cm³/mol. The van der Waals surface area contributed by atoms with Crippen molar-refractivity contribution in [2.24, 2.45) is 0 Å². The monoisotopic (exact) mass is 274 g/mol. The minimum Gasteiger partial charge on any atom is -0.496 e. The molecule has 4 nitrogen and oxygen atoms in total. The second-order valence-electron chi connectivity index (χ2n) is 4.92. The zero-order valence-electron chi connectivity index (χ0n) is 12.6. The Labute approximate surface area is 120 Å². The molecule has 0 radical (unpaired) electrons. The van der Waals surface area contributed by atoms with Gasteiger partial charge < -0.3 is 14.5 Å². The fourth-order valence-corrected chi connectivity index (χ4v) is 2.14. The maximum atomic E-state index is 5.59. The molecule has 0 bridgehead atoms. The van der Waals surface area contributed by atoms with Crippen molar-refractivity contribution in [3.8, 4) is 5.75 Å². The minimum absolute atomic E-state index is 0.168. The van der Waals surface area contributed by atoms with Crippen LogP contribution in [0.4, 0.5) is 0 Å². The number of nitrogens with one attached hydrogen (secondary N) is 1. The van der Waals surface area contributed by atoms with Gasteiger partial charge in [0.2, 0.25) is 5.89 Å². The number of rotatable bonds is 6. The molecule has 0 aliphatic carbocycles. The summed E-state index contributed by atoms with van der Waals surface area (Å²) < 4.78 is 11.0. The van der Waals surface area contributed by atoms with Crippen LogP contribution in [0.5, 0.6) is 5.75 Å². The van der Waals surface area contributed by atoms with Crippen LogP contribution in [0.1, 0.15) is 42.7 Å². The summed E-state index contributed by atoms with van der Waals surface area (Å²) in [6, 6.07) is 6.37. The van der Waals surface area contributed by atoms with Crippen LogP contribution in [-0.2, 0) is 13.0 Å². The van der Waals surface area contributed by atoms with Crippen LogP contribution in [0, 0.1) is 6.92 Å². The van der Waals surface area contributed by atoms with Gasteiger partial charge in [0.05, 0.1) is 19.9 Å². The van der Waals surface area contributed by atoms with E-state index in [-0.39, 0.29) is 6.04 Å². The lowest BCUT2D eigenvalue weighted by molar-refractivity contribution is 0.393. The predicted octanol–water partition coefficient (Wildman–Crippen LogP) is 3.40. The van der Waals surface area contributed by atoms with E-state index in [1.807, 2.05) is 6.07 Å². The molecule has 1 heterocycles. The molecule has 0 amide bonds. The van der Waals surface area contributed by atoms with E-state index in [1.165, 1.54) is 5.56 Å². The zero-order valence-corrected chi connectivity index (χ0v) is 12.6. The first-order valence-electron chi connectivity index (χ1n) is 6.95. The molecule has 1 atom stereocenters. The van der Waals surface area contributed by atoms with E-state index in [0.29, 0.717) is 6.54 Å². The van der Waals surface area contributed by atoms with E-state index in [9.17, 15) is 0 Å². The maximum absolute atomic E-state index is 5.59. The molecule has 0 aliphatic heterocycles. The van der Waals surface area contributed by atoms with Crippen molar-refractivity contribution in [1.29, 1.82) is 0 Å². The molecule has 0 aliphatic rings. The Kier molecular flexibility index (Phi) is 4.79. The Morgan fingerprint density at radius 2 is 2.20 bits per heavy atom. The average Bonchev–Trinajstić information content (AvgIpc) is 2.92. The van der Waals surface area contributed by atoms with Gasteiger partial charge in [-0.1, -0.05) is 24.6 Å². The summed E-state index contributed by atoms with van der Waals surface area (Å²) in [7, 11) is 1.70. The lowest BCUT2D eigenvalue weighted by Crippen LogP contribution is -2.19. The Morgan fingerprint density at radius 1 is 1.40 bits per heavy atom. The number of nitrogens with zero attached hydrogens (tertiary/aromatic N) is 1. The molecule has 1 N–H and O–H groups in total. The third-order valence-corrected chi connectivity index (χ3v) is 3.36. The topological polar surface area (TPSA) is 47.3 Å². The highest BCUT2D eigenvalue weighted by molar-refractivity contribution is 5.38. The number of aryl methyl sites for hydroxylation is 2. The van der Waals surface area contributed by atoms with Crippen LogP contribution in [0.15, 0.2) is 28.8 Å². The van der Waals surface area contributed by atoms with Gasteiger partial charge in [-0.25, -0.2) is 4.98 Å². The van der Waals surface area contributed by atoms with Crippen LogP contribution in [0.25, 0.3) is 0 Å². The minimum atomic E-state index is 0.168. The van der Waals surface area contributed by atoms with E-state index in [2.05, 4.69) is 43.2 Å². The van der Waals surface area contributed by atoms with Crippen LogP contribution in [0.3, 0.4) is 0 Å². The molecule has 0 saturated carbocycles. The van der Waals surface area contributed by atoms with Crippen molar-refractivity contribution in [3.63, 3.8) is 0 Å². The van der Waals surface area contributed by atoms with Gasteiger partial charge in [-0.15, -0.1) is 0 Å². The number of hydrogen-bond donors (Lipinski definition) is 1. The van der Waals surface area contributed by atoms with Crippen LogP contribution in [0.2, 0.25) is 0 Å². The summed E-state index contributed by atoms with van der Waals surface area (Å²) in [6.45, 7) is 6.86. The van der Waals surface area contributed by atoms with Crippen molar-refractivity contribution >= 4 is 0 Å². The smallest absolute Gasteiger partial charge is 0.208 e. The van der Waals surface area contributed by atoms with Crippen LogP contribution >= 0.6 is 0 Å². The first kappa shape index (κ1) is 14.6. The van der Waals surface area contributed by atoms with Gasteiger partial charge in [-0.2, -0.15) is 0 Å².